The van der Waals surface area contributed by atoms with E-state index in [0.29, 0.717) is 24.0 Å². The Balaban J connectivity index is 1.28. The molecule has 1 unspecified atom stereocenters. The van der Waals surface area contributed by atoms with Crippen molar-refractivity contribution in [1.29, 1.82) is 0 Å². The molecule has 0 aromatic heterocycles. The number of benzene rings is 5. The molecule has 0 radical (unpaired) electrons. The maximum atomic E-state index is 14.8. The fourth-order valence-electron chi connectivity index (χ4n) is 6.67. The molecule has 0 N–H and O–H groups in total. The Hall–Kier alpha value is -5.72. The molecule has 0 bridgehead atoms. The van der Waals surface area contributed by atoms with Gasteiger partial charge in [-0.2, -0.15) is 0 Å². The van der Waals surface area contributed by atoms with Crippen LogP contribution >= 0.6 is 7.05 Å². The Morgan fingerprint density at radius 3 is 1.29 bits per heavy atom. The Morgan fingerprint density at radius 2 is 0.878 bits per heavy atom. The van der Waals surface area contributed by atoms with Crippen molar-refractivity contribution >= 4 is 52.5 Å². The lowest BCUT2D eigenvalue weighted by Crippen LogP contribution is -2.45. The maximum absolute atomic E-state index is 14.8. The van der Waals surface area contributed by atoms with Crippen molar-refractivity contribution in [2.75, 3.05) is 6.54 Å². The monoisotopic (exact) mass is 665 g/mol. The Labute approximate surface area is 284 Å². The molecule has 1 atom stereocenters. The van der Waals surface area contributed by atoms with Gasteiger partial charge in [0, 0.05) is 22.5 Å². The summed E-state index contributed by atoms with van der Waals surface area (Å²) in [5.41, 5.74) is 1.22. The van der Waals surface area contributed by atoms with Crippen molar-refractivity contribution in [3.63, 3.8) is 0 Å². The van der Waals surface area contributed by atoms with Crippen LogP contribution in [-0.2, 0) is 4.79 Å². The summed E-state index contributed by atoms with van der Waals surface area (Å²) in [6.07, 6.45) is 0.824. The highest BCUT2D eigenvalue weighted by Gasteiger charge is 2.43. The number of carbonyl (C=O) groups is 5. The van der Waals surface area contributed by atoms with E-state index in [-0.39, 0.29) is 35.9 Å². The average molecular weight is 666 g/mol. The zero-order valence-corrected chi connectivity index (χ0v) is 27.4. The molecule has 5 amide bonds. The van der Waals surface area contributed by atoms with Crippen LogP contribution < -0.4 is 15.9 Å². The smallest absolute Gasteiger partial charge is 0.268 e. The summed E-state index contributed by atoms with van der Waals surface area (Å²) in [5, 5.41) is 2.56. The maximum Gasteiger partial charge on any atom is 0.268 e. The first kappa shape index (κ1) is 31.9. The minimum absolute atomic E-state index is 0.106. The van der Waals surface area contributed by atoms with Crippen LogP contribution in [0.4, 0.5) is 0 Å². The third-order valence-electron chi connectivity index (χ3n) is 9.05. The van der Waals surface area contributed by atoms with Crippen LogP contribution in [0.25, 0.3) is 0 Å². The highest BCUT2D eigenvalue weighted by atomic mass is 31.2. The average Bonchev–Trinajstić information content (AvgIpc) is 3.55. The minimum Gasteiger partial charge on any atom is -0.274 e. The predicted octanol–water partition coefficient (Wildman–Crippen LogP) is 5.82. The molecule has 2 heterocycles. The minimum atomic E-state index is -2.99. The fraction of sp³-hybridized carbons (Fsp3) is 0.125. The first-order valence-electron chi connectivity index (χ1n) is 16.2. The van der Waals surface area contributed by atoms with Gasteiger partial charge in [-0.05, 0) is 43.5 Å². The molecule has 2 aliphatic heterocycles. The third kappa shape index (κ3) is 5.64. The SMILES string of the molecule is O=C(N=P(c1ccccc1)(c1ccccc1)c1ccccc1)C(CCCCN1C(=O)c2ccccc2C1=O)N1C(=O)c2ccccc2C1=O. The van der Waals surface area contributed by atoms with E-state index in [1.807, 2.05) is 91.0 Å². The van der Waals surface area contributed by atoms with E-state index in [2.05, 4.69) is 0 Å². The Kier molecular flexibility index (Phi) is 8.72. The molecule has 5 aromatic carbocycles. The number of carbonyl (C=O) groups excluding carboxylic acids is 5. The first-order chi connectivity index (χ1) is 23.9. The summed E-state index contributed by atoms with van der Waals surface area (Å²) in [6.45, 7) is 0.140. The molecule has 242 valence electrons. The summed E-state index contributed by atoms with van der Waals surface area (Å²) in [7, 11) is -2.99. The molecule has 8 nitrogen and oxygen atoms in total. The van der Waals surface area contributed by atoms with E-state index in [9.17, 15) is 24.0 Å². The predicted molar refractivity (Wildman–Crippen MR) is 189 cm³/mol. The van der Waals surface area contributed by atoms with Crippen LogP contribution in [0.5, 0.6) is 0 Å². The van der Waals surface area contributed by atoms with Crippen LogP contribution in [0.1, 0.15) is 60.7 Å². The molecule has 5 aromatic rings. The fourth-order valence-corrected chi connectivity index (χ4v) is 10.2. The van der Waals surface area contributed by atoms with Gasteiger partial charge in [-0.1, -0.05) is 115 Å². The summed E-state index contributed by atoms with van der Waals surface area (Å²) in [6, 6.07) is 41.0. The molecule has 0 spiro atoms. The van der Waals surface area contributed by atoms with Gasteiger partial charge in [-0.3, -0.25) is 33.8 Å². The number of nitrogens with zero attached hydrogens (tertiary/aromatic N) is 3. The van der Waals surface area contributed by atoms with Gasteiger partial charge in [-0.25, -0.2) is 4.74 Å². The van der Waals surface area contributed by atoms with Gasteiger partial charge in [0.15, 0.2) is 0 Å². The van der Waals surface area contributed by atoms with Crippen molar-refractivity contribution in [2.24, 2.45) is 4.74 Å². The number of hydrogen-bond donors (Lipinski definition) is 0. The van der Waals surface area contributed by atoms with E-state index in [0.717, 1.165) is 20.8 Å². The van der Waals surface area contributed by atoms with Crippen LogP contribution in [0.2, 0.25) is 0 Å². The lowest BCUT2D eigenvalue weighted by molar-refractivity contribution is -0.121. The molecule has 2 aliphatic rings. The molecule has 9 heteroatoms. The Morgan fingerprint density at radius 1 is 0.510 bits per heavy atom. The molecule has 0 saturated carbocycles. The van der Waals surface area contributed by atoms with Crippen LogP contribution in [0.3, 0.4) is 0 Å². The van der Waals surface area contributed by atoms with E-state index >= 15 is 0 Å². The van der Waals surface area contributed by atoms with Crippen molar-refractivity contribution in [3.05, 3.63) is 162 Å². The van der Waals surface area contributed by atoms with Gasteiger partial charge in [0.2, 0.25) is 0 Å². The number of rotatable bonds is 10. The van der Waals surface area contributed by atoms with Gasteiger partial charge in [0.1, 0.15) is 6.04 Å². The van der Waals surface area contributed by atoms with E-state index in [1.54, 1.807) is 48.5 Å². The zero-order valence-electron chi connectivity index (χ0n) is 26.5. The van der Waals surface area contributed by atoms with E-state index in [1.165, 1.54) is 4.90 Å². The second-order valence-corrected chi connectivity index (χ2v) is 14.9. The van der Waals surface area contributed by atoms with Crippen molar-refractivity contribution in [1.82, 2.24) is 9.80 Å². The van der Waals surface area contributed by atoms with Gasteiger partial charge in [0.05, 0.1) is 29.3 Å². The summed E-state index contributed by atoms with van der Waals surface area (Å²) < 4.78 is 5.11. The van der Waals surface area contributed by atoms with Crippen LogP contribution in [-0.4, -0.2) is 51.9 Å². The van der Waals surface area contributed by atoms with Gasteiger partial charge in [-0.15, -0.1) is 0 Å². The number of imide groups is 2. The summed E-state index contributed by atoms with van der Waals surface area (Å²) in [4.78, 5) is 70.6. The largest absolute Gasteiger partial charge is 0.274 e. The normalized spacial score (nSPS) is 14.5. The van der Waals surface area contributed by atoms with Crippen molar-refractivity contribution < 1.29 is 24.0 Å². The number of hydrogen-bond acceptors (Lipinski definition) is 5. The van der Waals surface area contributed by atoms with Crippen molar-refractivity contribution in [2.45, 2.75) is 25.3 Å². The third-order valence-corrected chi connectivity index (χ3v) is 12.7. The van der Waals surface area contributed by atoms with Gasteiger partial charge >= 0.3 is 0 Å². The van der Waals surface area contributed by atoms with Crippen LogP contribution in [0, 0.1) is 0 Å². The standard InChI is InChI=1S/C40H32N3O5P/c44-36(41-49(28-16-4-1-5-17-28,29-18-6-2-7-19-29)30-20-8-3-9-21-30)35(43-39(47)33-24-12-13-25-34(33)40(43)48)26-14-15-27-42-37(45)31-22-10-11-23-32(31)38(42)46/h1-13,16-25,35H,14-15,26-27H2. The topological polar surface area (TPSA) is 104 Å². The molecule has 0 fully saturated rings. The lowest BCUT2D eigenvalue weighted by Gasteiger charge is -2.29. The molecule has 49 heavy (non-hydrogen) atoms. The molecular weight excluding hydrogens is 633 g/mol. The molecular formula is C40H32N3O5P. The summed E-state index contributed by atoms with van der Waals surface area (Å²) in [5.74, 6) is -2.38. The second kappa shape index (κ2) is 13.4. The van der Waals surface area contributed by atoms with E-state index < -0.39 is 30.8 Å². The van der Waals surface area contributed by atoms with E-state index in [4.69, 9.17) is 4.74 Å². The van der Waals surface area contributed by atoms with Crippen molar-refractivity contribution in [3.8, 4) is 0 Å². The Bertz CT molecular complexity index is 1980. The highest BCUT2D eigenvalue weighted by molar-refractivity contribution is 7.87. The molecule has 7 rings (SSSR count). The van der Waals surface area contributed by atoms with Gasteiger partial charge in [0.25, 0.3) is 29.5 Å². The number of fused-ring (bicyclic) bond motifs is 2. The number of unbranched alkanes of at least 4 members (excludes halogenated alkanes) is 1. The molecule has 0 aliphatic carbocycles. The summed E-state index contributed by atoms with van der Waals surface area (Å²) >= 11 is 0. The second-order valence-electron chi connectivity index (χ2n) is 11.9. The number of amides is 5. The van der Waals surface area contributed by atoms with Gasteiger partial charge < -0.3 is 0 Å². The van der Waals surface area contributed by atoms with Crippen LogP contribution in [0.15, 0.2) is 144 Å². The lowest BCUT2D eigenvalue weighted by atomic mass is 10.1. The quantitative estimate of drug-likeness (QED) is 0.106. The zero-order chi connectivity index (χ0) is 34.0. The molecule has 0 saturated heterocycles. The first-order valence-corrected chi connectivity index (χ1v) is 17.9. The highest BCUT2D eigenvalue weighted by Crippen LogP contribution is 2.47.